The van der Waals surface area contributed by atoms with Gasteiger partial charge in [0.25, 0.3) is 0 Å². The van der Waals surface area contributed by atoms with Crippen molar-refractivity contribution in [1.82, 2.24) is 15.5 Å². The molecule has 1 aromatic rings. The predicted molar refractivity (Wildman–Crippen MR) is 117 cm³/mol. The first-order valence-electron chi connectivity index (χ1n) is 10.9. The topological polar surface area (TPSA) is 52.1 Å². The molecule has 2 aliphatic heterocycles. The van der Waals surface area contributed by atoms with E-state index in [2.05, 4.69) is 71.5 Å². The summed E-state index contributed by atoms with van der Waals surface area (Å²) in [5.41, 5.74) is 1.31. The number of benzene rings is 1. The second-order valence-corrected chi connectivity index (χ2v) is 8.00. The van der Waals surface area contributed by atoms with E-state index < -0.39 is 0 Å². The average Bonchev–Trinajstić information content (AvgIpc) is 2.73. The third-order valence-corrected chi connectivity index (χ3v) is 5.73. The van der Waals surface area contributed by atoms with Crippen LogP contribution in [0, 0.1) is 0 Å². The molecule has 6 heteroatoms. The molecule has 0 saturated carbocycles. The van der Waals surface area contributed by atoms with Crippen LogP contribution in [0.1, 0.15) is 33.6 Å². The van der Waals surface area contributed by atoms with Gasteiger partial charge in [0.15, 0.2) is 5.96 Å². The van der Waals surface area contributed by atoms with Crippen LogP contribution in [0.2, 0.25) is 0 Å². The molecular weight excluding hydrogens is 350 g/mol. The molecule has 3 atom stereocenters. The molecule has 156 valence electrons. The molecule has 2 heterocycles. The number of anilines is 1. The van der Waals surface area contributed by atoms with Gasteiger partial charge in [-0.05, 0) is 45.7 Å². The predicted octanol–water partition coefficient (Wildman–Crippen LogP) is 2.32. The molecule has 0 amide bonds. The van der Waals surface area contributed by atoms with Gasteiger partial charge >= 0.3 is 0 Å². The fourth-order valence-corrected chi connectivity index (χ4v) is 4.20. The number of ether oxygens (including phenoxy) is 1. The molecule has 0 aliphatic carbocycles. The fraction of sp³-hybridized carbons (Fsp3) is 0.682. The highest BCUT2D eigenvalue weighted by Crippen LogP contribution is 2.19. The van der Waals surface area contributed by atoms with Crippen molar-refractivity contribution in [2.24, 2.45) is 4.99 Å². The van der Waals surface area contributed by atoms with Gasteiger partial charge in [0.05, 0.1) is 19.8 Å². The van der Waals surface area contributed by atoms with Gasteiger partial charge in [0.2, 0.25) is 0 Å². The van der Waals surface area contributed by atoms with Crippen molar-refractivity contribution in [3.05, 3.63) is 30.3 Å². The second-order valence-electron chi connectivity index (χ2n) is 8.00. The Morgan fingerprint density at radius 1 is 1.29 bits per heavy atom. The molecule has 2 N–H and O–H groups in total. The van der Waals surface area contributed by atoms with E-state index >= 15 is 0 Å². The van der Waals surface area contributed by atoms with E-state index in [1.165, 1.54) is 18.5 Å². The monoisotopic (exact) mass is 387 g/mol. The fourth-order valence-electron chi connectivity index (χ4n) is 4.20. The molecule has 1 aromatic carbocycles. The highest BCUT2D eigenvalue weighted by atomic mass is 16.5. The summed E-state index contributed by atoms with van der Waals surface area (Å²) in [7, 11) is 0. The SMILES string of the molecule is CCNC(=NCC(C)N1CCOCC1C)NC1CCCN(c2ccccc2)C1. The number of hydrogen-bond acceptors (Lipinski definition) is 4. The van der Waals surface area contributed by atoms with Crippen molar-refractivity contribution in [3.8, 4) is 0 Å². The van der Waals surface area contributed by atoms with Crippen molar-refractivity contribution in [3.63, 3.8) is 0 Å². The van der Waals surface area contributed by atoms with Crippen LogP contribution in [0.25, 0.3) is 0 Å². The van der Waals surface area contributed by atoms with Crippen LogP contribution in [0.15, 0.2) is 35.3 Å². The minimum absolute atomic E-state index is 0.418. The normalized spacial score (nSPS) is 25.4. The van der Waals surface area contributed by atoms with Crippen LogP contribution in [0.3, 0.4) is 0 Å². The molecule has 28 heavy (non-hydrogen) atoms. The molecule has 3 unspecified atom stereocenters. The highest BCUT2D eigenvalue weighted by molar-refractivity contribution is 5.80. The molecule has 0 bridgehead atoms. The van der Waals surface area contributed by atoms with E-state index in [0.717, 1.165) is 51.9 Å². The van der Waals surface area contributed by atoms with Gasteiger partial charge in [-0.2, -0.15) is 0 Å². The third-order valence-electron chi connectivity index (χ3n) is 5.73. The lowest BCUT2D eigenvalue weighted by molar-refractivity contribution is -0.0165. The number of rotatable bonds is 6. The van der Waals surface area contributed by atoms with E-state index in [1.54, 1.807) is 0 Å². The molecule has 0 aromatic heterocycles. The summed E-state index contributed by atoms with van der Waals surface area (Å²) in [6, 6.07) is 12.0. The first-order chi connectivity index (χ1) is 13.7. The largest absolute Gasteiger partial charge is 0.379 e. The summed E-state index contributed by atoms with van der Waals surface area (Å²) in [5, 5.41) is 7.11. The Hall–Kier alpha value is -1.79. The van der Waals surface area contributed by atoms with Crippen molar-refractivity contribution < 1.29 is 4.74 Å². The van der Waals surface area contributed by atoms with Crippen LogP contribution >= 0.6 is 0 Å². The van der Waals surface area contributed by atoms with Crippen LogP contribution in [0.5, 0.6) is 0 Å². The Bertz CT molecular complexity index is 608. The van der Waals surface area contributed by atoms with E-state index in [9.17, 15) is 0 Å². The highest BCUT2D eigenvalue weighted by Gasteiger charge is 2.24. The smallest absolute Gasteiger partial charge is 0.191 e. The Balaban J connectivity index is 1.56. The van der Waals surface area contributed by atoms with E-state index in [4.69, 9.17) is 9.73 Å². The molecule has 6 nitrogen and oxygen atoms in total. The van der Waals surface area contributed by atoms with Gasteiger partial charge in [-0.1, -0.05) is 18.2 Å². The maximum absolute atomic E-state index is 5.57. The summed E-state index contributed by atoms with van der Waals surface area (Å²) in [5.74, 6) is 0.940. The summed E-state index contributed by atoms with van der Waals surface area (Å²) >= 11 is 0. The van der Waals surface area contributed by atoms with Crippen LogP contribution in [-0.4, -0.2) is 74.9 Å². The van der Waals surface area contributed by atoms with Crippen molar-refractivity contribution in [1.29, 1.82) is 0 Å². The molecule has 2 saturated heterocycles. The number of nitrogens with zero attached hydrogens (tertiary/aromatic N) is 3. The minimum atomic E-state index is 0.418. The molecule has 3 rings (SSSR count). The van der Waals surface area contributed by atoms with E-state index in [1.807, 2.05) is 0 Å². The Morgan fingerprint density at radius 2 is 2.11 bits per heavy atom. The molecular formula is C22H37N5O. The number of morpholine rings is 1. The van der Waals surface area contributed by atoms with Crippen LogP contribution in [-0.2, 0) is 4.74 Å². The summed E-state index contributed by atoms with van der Waals surface area (Å²) in [6.45, 7) is 13.1. The number of para-hydroxylation sites is 1. The number of nitrogens with one attached hydrogen (secondary N) is 2. The third kappa shape index (κ3) is 5.85. The van der Waals surface area contributed by atoms with Crippen molar-refractivity contribution in [2.75, 3.05) is 50.8 Å². The Kier molecular flexibility index (Phi) is 7.98. The number of piperidine rings is 1. The van der Waals surface area contributed by atoms with Crippen LogP contribution < -0.4 is 15.5 Å². The summed E-state index contributed by atoms with van der Waals surface area (Å²) in [4.78, 5) is 9.89. The zero-order valence-corrected chi connectivity index (χ0v) is 17.7. The number of aliphatic imine (C=N–C) groups is 1. The van der Waals surface area contributed by atoms with Gasteiger partial charge in [-0.3, -0.25) is 9.89 Å². The van der Waals surface area contributed by atoms with Crippen molar-refractivity contribution >= 4 is 11.6 Å². The van der Waals surface area contributed by atoms with Gasteiger partial charge in [0, 0.05) is 50.0 Å². The molecule has 2 fully saturated rings. The molecule has 0 radical (unpaired) electrons. The maximum atomic E-state index is 5.57. The quantitative estimate of drug-likeness (QED) is 0.580. The van der Waals surface area contributed by atoms with Gasteiger partial charge in [0.1, 0.15) is 0 Å². The van der Waals surface area contributed by atoms with Gasteiger partial charge < -0.3 is 20.3 Å². The average molecular weight is 388 g/mol. The molecule has 2 aliphatic rings. The first-order valence-corrected chi connectivity index (χ1v) is 10.9. The number of guanidine groups is 1. The van der Waals surface area contributed by atoms with E-state index in [0.29, 0.717) is 18.1 Å². The number of hydrogen-bond donors (Lipinski definition) is 2. The standard InChI is InChI=1S/C22H37N5O/c1-4-23-22(24-15-18(2)27-13-14-28-17-19(27)3)25-20-9-8-12-26(16-20)21-10-6-5-7-11-21/h5-7,10-11,18-20H,4,8-9,12-17H2,1-3H3,(H2,23,24,25). The maximum Gasteiger partial charge on any atom is 0.191 e. The zero-order valence-electron chi connectivity index (χ0n) is 17.7. The molecule has 0 spiro atoms. The summed E-state index contributed by atoms with van der Waals surface area (Å²) < 4.78 is 5.57. The Labute approximate surface area is 170 Å². The second kappa shape index (κ2) is 10.7. The Morgan fingerprint density at radius 3 is 2.86 bits per heavy atom. The lowest BCUT2D eigenvalue weighted by Crippen LogP contribution is -2.52. The van der Waals surface area contributed by atoms with Crippen LogP contribution in [0.4, 0.5) is 5.69 Å². The summed E-state index contributed by atoms with van der Waals surface area (Å²) in [6.07, 6.45) is 2.39. The lowest BCUT2D eigenvalue weighted by atomic mass is 10.1. The van der Waals surface area contributed by atoms with E-state index in [-0.39, 0.29) is 0 Å². The lowest BCUT2D eigenvalue weighted by Gasteiger charge is -2.37. The minimum Gasteiger partial charge on any atom is -0.379 e. The first kappa shape index (κ1) is 20.9. The zero-order chi connectivity index (χ0) is 19.8. The van der Waals surface area contributed by atoms with Gasteiger partial charge in [-0.25, -0.2) is 0 Å². The van der Waals surface area contributed by atoms with Gasteiger partial charge in [-0.15, -0.1) is 0 Å². The van der Waals surface area contributed by atoms with Crippen molar-refractivity contribution in [2.45, 2.75) is 51.7 Å².